The molecule has 2 aliphatic heterocycles. The average molecular weight is 488 g/mol. The number of aromatic nitrogens is 1. The minimum Gasteiger partial charge on any atom is -0.492 e. The molecule has 0 saturated heterocycles. The molecule has 1 amide bonds. The molecule has 0 bridgehead atoms. The Morgan fingerprint density at radius 2 is 1.97 bits per heavy atom. The molecule has 5 nitrogen and oxygen atoms in total. The molecular formula is C27H32F3N3O2. The van der Waals surface area contributed by atoms with E-state index in [0.717, 1.165) is 50.4 Å². The first-order valence-corrected chi connectivity index (χ1v) is 12.5. The van der Waals surface area contributed by atoms with Gasteiger partial charge < -0.3 is 9.64 Å². The van der Waals surface area contributed by atoms with Gasteiger partial charge in [0, 0.05) is 56.1 Å². The molecule has 0 radical (unpaired) electrons. The highest BCUT2D eigenvalue weighted by atomic mass is 19.4. The number of alkyl halides is 3. The summed E-state index contributed by atoms with van der Waals surface area (Å²) < 4.78 is 45.6. The van der Waals surface area contributed by atoms with Crippen LogP contribution in [0.15, 0.2) is 36.5 Å². The molecule has 8 heteroatoms. The first-order chi connectivity index (χ1) is 16.7. The molecule has 0 spiro atoms. The van der Waals surface area contributed by atoms with Gasteiger partial charge in [0.25, 0.3) is 0 Å². The number of carbonyl (C=O) groups is 1. The van der Waals surface area contributed by atoms with Gasteiger partial charge in [-0.2, -0.15) is 13.2 Å². The van der Waals surface area contributed by atoms with Crippen LogP contribution in [0.4, 0.5) is 13.2 Å². The van der Waals surface area contributed by atoms with E-state index in [9.17, 15) is 18.0 Å². The lowest BCUT2D eigenvalue weighted by molar-refractivity contribution is -0.146. The second kappa shape index (κ2) is 9.12. The molecule has 1 saturated carbocycles. The van der Waals surface area contributed by atoms with Crippen LogP contribution in [-0.2, 0) is 30.5 Å². The number of carbonyl (C=O) groups excluding carboxylic acids is 1. The van der Waals surface area contributed by atoms with Crippen molar-refractivity contribution in [2.24, 2.45) is 11.3 Å². The molecule has 5 rings (SSSR count). The Hall–Kier alpha value is -2.61. The Morgan fingerprint density at radius 1 is 1.17 bits per heavy atom. The Kier molecular flexibility index (Phi) is 6.28. The SMILES string of the molecule is CC(C)[C@]1(C(=O)N2CCc3ncc(C(F)(F)F)cc3C2)CCC(N2CCOc3ccccc3C2)C1. The van der Waals surface area contributed by atoms with Gasteiger partial charge in [-0.25, -0.2) is 0 Å². The third-order valence-corrected chi connectivity index (χ3v) is 8.21. The highest BCUT2D eigenvalue weighted by molar-refractivity contribution is 5.83. The molecule has 1 aliphatic carbocycles. The number of ether oxygens (including phenoxy) is 1. The summed E-state index contributed by atoms with van der Waals surface area (Å²) in [5.41, 5.74) is 1.07. The van der Waals surface area contributed by atoms with Crippen LogP contribution in [0.25, 0.3) is 0 Å². The second-order valence-corrected chi connectivity index (χ2v) is 10.4. The zero-order valence-electron chi connectivity index (χ0n) is 20.3. The summed E-state index contributed by atoms with van der Waals surface area (Å²) in [4.78, 5) is 22.3. The molecule has 2 aromatic rings. The molecule has 0 N–H and O–H groups in total. The first-order valence-electron chi connectivity index (χ1n) is 12.5. The standard InChI is InChI=1S/C27H32F3N3O2/c1-18(2)26(9-7-22(14-26)32-11-12-35-24-6-4-3-5-19(24)16-32)25(34)33-10-8-23-20(17-33)13-21(15-31-23)27(28,29)30/h3-6,13,15,18,22H,7-12,14,16-17H2,1-2H3/t22?,26-/m0/s1. The Labute approximate surface area is 204 Å². The fourth-order valence-corrected chi connectivity index (χ4v) is 6.05. The predicted molar refractivity (Wildman–Crippen MR) is 126 cm³/mol. The minimum absolute atomic E-state index is 0.0736. The first kappa shape index (κ1) is 24.1. The fraction of sp³-hybridized carbons (Fsp3) is 0.556. The number of rotatable bonds is 3. The normalized spacial score (nSPS) is 25.1. The van der Waals surface area contributed by atoms with Crippen molar-refractivity contribution in [3.8, 4) is 5.75 Å². The number of amides is 1. The quantitative estimate of drug-likeness (QED) is 0.606. The molecule has 188 valence electrons. The Bertz CT molecular complexity index is 1100. The summed E-state index contributed by atoms with van der Waals surface area (Å²) in [5.74, 6) is 1.14. The largest absolute Gasteiger partial charge is 0.492 e. The van der Waals surface area contributed by atoms with Crippen LogP contribution in [0.5, 0.6) is 5.75 Å². The van der Waals surface area contributed by atoms with Gasteiger partial charge in [-0.15, -0.1) is 0 Å². The zero-order chi connectivity index (χ0) is 24.8. The smallest absolute Gasteiger partial charge is 0.417 e. The summed E-state index contributed by atoms with van der Waals surface area (Å²) in [7, 11) is 0. The van der Waals surface area contributed by atoms with Gasteiger partial charge in [0.1, 0.15) is 12.4 Å². The highest BCUT2D eigenvalue weighted by Crippen LogP contribution is 2.48. The van der Waals surface area contributed by atoms with E-state index in [1.807, 2.05) is 18.2 Å². The number of hydrogen-bond acceptors (Lipinski definition) is 4. The van der Waals surface area contributed by atoms with Crippen molar-refractivity contribution < 1.29 is 22.7 Å². The van der Waals surface area contributed by atoms with Gasteiger partial charge in [0.2, 0.25) is 5.91 Å². The Morgan fingerprint density at radius 3 is 2.74 bits per heavy atom. The van der Waals surface area contributed by atoms with Crippen LogP contribution in [0.3, 0.4) is 0 Å². The number of hydrogen-bond donors (Lipinski definition) is 0. The molecule has 2 atom stereocenters. The van der Waals surface area contributed by atoms with Gasteiger partial charge in [-0.3, -0.25) is 14.7 Å². The van der Waals surface area contributed by atoms with E-state index in [0.29, 0.717) is 30.8 Å². The third kappa shape index (κ3) is 4.53. The number of para-hydroxylation sites is 1. The van der Waals surface area contributed by atoms with Crippen LogP contribution in [0, 0.1) is 11.3 Å². The van der Waals surface area contributed by atoms with E-state index >= 15 is 0 Å². The van der Waals surface area contributed by atoms with E-state index in [-0.39, 0.29) is 24.4 Å². The van der Waals surface area contributed by atoms with Crippen LogP contribution in [-0.4, -0.2) is 46.4 Å². The fourth-order valence-electron chi connectivity index (χ4n) is 6.05. The lowest BCUT2D eigenvalue weighted by atomic mass is 9.74. The van der Waals surface area contributed by atoms with Crippen molar-refractivity contribution in [2.45, 2.75) is 64.8 Å². The van der Waals surface area contributed by atoms with Gasteiger partial charge in [-0.1, -0.05) is 32.0 Å². The van der Waals surface area contributed by atoms with Gasteiger partial charge >= 0.3 is 6.18 Å². The average Bonchev–Trinajstić information content (AvgIpc) is 3.18. The summed E-state index contributed by atoms with van der Waals surface area (Å²) in [6.45, 7) is 7.11. The maximum atomic E-state index is 14.0. The van der Waals surface area contributed by atoms with E-state index in [4.69, 9.17) is 4.74 Å². The van der Waals surface area contributed by atoms with Crippen molar-refractivity contribution in [1.29, 1.82) is 0 Å². The molecule has 35 heavy (non-hydrogen) atoms. The zero-order valence-corrected chi connectivity index (χ0v) is 20.3. The molecule has 1 unspecified atom stereocenters. The van der Waals surface area contributed by atoms with E-state index in [1.54, 1.807) is 4.90 Å². The molecule has 1 fully saturated rings. The molecule has 3 aliphatic rings. The van der Waals surface area contributed by atoms with Gasteiger partial charge in [0.05, 0.1) is 11.0 Å². The molecule has 3 heterocycles. The maximum Gasteiger partial charge on any atom is 0.417 e. The lowest BCUT2D eigenvalue weighted by Crippen LogP contribution is -2.48. The maximum absolute atomic E-state index is 14.0. The van der Waals surface area contributed by atoms with Crippen molar-refractivity contribution >= 4 is 5.91 Å². The number of nitrogens with zero attached hydrogens (tertiary/aromatic N) is 3. The summed E-state index contributed by atoms with van der Waals surface area (Å²) >= 11 is 0. The Balaban J connectivity index is 1.34. The summed E-state index contributed by atoms with van der Waals surface area (Å²) in [6, 6.07) is 9.54. The number of halogens is 3. The third-order valence-electron chi connectivity index (χ3n) is 8.21. The van der Waals surface area contributed by atoms with E-state index in [2.05, 4.69) is 29.8 Å². The highest BCUT2D eigenvalue weighted by Gasteiger charge is 2.51. The molecule has 1 aromatic heterocycles. The lowest BCUT2D eigenvalue weighted by Gasteiger charge is -2.40. The van der Waals surface area contributed by atoms with Gasteiger partial charge in [0.15, 0.2) is 0 Å². The molecular weight excluding hydrogens is 455 g/mol. The van der Waals surface area contributed by atoms with Crippen LogP contribution in [0.1, 0.15) is 55.5 Å². The topological polar surface area (TPSA) is 45.7 Å². The van der Waals surface area contributed by atoms with Gasteiger partial charge in [-0.05, 0) is 42.9 Å². The summed E-state index contributed by atoms with van der Waals surface area (Å²) in [5, 5.41) is 0. The van der Waals surface area contributed by atoms with Crippen LogP contribution < -0.4 is 4.74 Å². The summed E-state index contributed by atoms with van der Waals surface area (Å²) in [6.07, 6.45) is -0.585. The monoisotopic (exact) mass is 487 g/mol. The number of fused-ring (bicyclic) bond motifs is 2. The van der Waals surface area contributed by atoms with Crippen molar-refractivity contribution in [3.63, 3.8) is 0 Å². The van der Waals surface area contributed by atoms with Crippen molar-refractivity contribution in [2.75, 3.05) is 19.7 Å². The number of benzene rings is 1. The van der Waals surface area contributed by atoms with E-state index < -0.39 is 17.2 Å². The molecule has 1 aromatic carbocycles. The van der Waals surface area contributed by atoms with Crippen molar-refractivity contribution in [3.05, 3.63) is 58.9 Å². The number of pyridine rings is 1. The van der Waals surface area contributed by atoms with Crippen molar-refractivity contribution in [1.82, 2.24) is 14.8 Å². The van der Waals surface area contributed by atoms with Crippen LogP contribution in [0.2, 0.25) is 0 Å². The minimum atomic E-state index is -4.44. The second-order valence-electron chi connectivity index (χ2n) is 10.4. The van der Waals surface area contributed by atoms with E-state index in [1.165, 1.54) is 5.56 Å². The predicted octanol–water partition coefficient (Wildman–Crippen LogP) is 5.07. The van der Waals surface area contributed by atoms with Crippen LogP contribution >= 0.6 is 0 Å².